The Bertz CT molecular complexity index is 465. The van der Waals surface area contributed by atoms with Crippen molar-refractivity contribution >= 4 is 11.8 Å². The Morgan fingerprint density at radius 3 is 2.74 bits per heavy atom. The van der Waals surface area contributed by atoms with Crippen molar-refractivity contribution < 1.29 is 9.53 Å². The van der Waals surface area contributed by atoms with Crippen LogP contribution in [-0.4, -0.2) is 17.6 Å². The monoisotopic (exact) mass is 262 g/mol. The third-order valence-electron chi connectivity index (χ3n) is 3.82. The quantitative estimate of drug-likeness (QED) is 0.849. The number of nitrogens with two attached hydrogens (primary N) is 1. The highest BCUT2D eigenvalue weighted by Crippen LogP contribution is 2.35. The summed E-state index contributed by atoms with van der Waals surface area (Å²) in [6.45, 7) is 4.11. The van der Waals surface area contributed by atoms with Crippen LogP contribution in [0.15, 0.2) is 6.07 Å². The lowest BCUT2D eigenvalue weighted by molar-refractivity contribution is 0.0527. The molecule has 0 saturated heterocycles. The van der Waals surface area contributed by atoms with Gasteiger partial charge in [0.2, 0.25) is 0 Å². The molecule has 0 aliphatic heterocycles. The standard InChI is InChI=1S/C15H22N2O2/c1-3-19-15(18)13-9-12(10(2)17-14(13)16)11-7-5-4-6-8-11/h9,11H,3-8H2,1-2H3,(H2,16,17). The first-order valence-electron chi connectivity index (χ1n) is 7.07. The van der Waals surface area contributed by atoms with Crippen LogP contribution in [0.3, 0.4) is 0 Å². The van der Waals surface area contributed by atoms with Crippen molar-refractivity contribution in [1.29, 1.82) is 0 Å². The molecule has 0 aromatic carbocycles. The van der Waals surface area contributed by atoms with Crippen LogP contribution in [0.25, 0.3) is 0 Å². The van der Waals surface area contributed by atoms with Gasteiger partial charge in [-0.1, -0.05) is 19.3 Å². The Morgan fingerprint density at radius 2 is 2.11 bits per heavy atom. The predicted octanol–water partition coefficient (Wildman–Crippen LogP) is 3.20. The number of rotatable bonds is 3. The highest BCUT2D eigenvalue weighted by Gasteiger charge is 2.21. The van der Waals surface area contributed by atoms with Crippen molar-refractivity contribution in [2.45, 2.75) is 51.9 Å². The number of nitrogens with zero attached hydrogens (tertiary/aromatic N) is 1. The number of nitrogen functional groups attached to an aromatic ring is 1. The van der Waals surface area contributed by atoms with Gasteiger partial charge in [-0.15, -0.1) is 0 Å². The number of hydrogen-bond donors (Lipinski definition) is 1. The molecule has 1 fully saturated rings. The number of carbonyl (C=O) groups is 1. The molecule has 19 heavy (non-hydrogen) atoms. The first-order chi connectivity index (χ1) is 9.13. The summed E-state index contributed by atoms with van der Waals surface area (Å²) < 4.78 is 5.03. The highest BCUT2D eigenvalue weighted by atomic mass is 16.5. The van der Waals surface area contributed by atoms with Crippen LogP contribution in [0.4, 0.5) is 5.82 Å². The molecule has 104 valence electrons. The normalized spacial score (nSPS) is 16.3. The zero-order valence-corrected chi connectivity index (χ0v) is 11.7. The van der Waals surface area contributed by atoms with Gasteiger partial charge in [0.1, 0.15) is 11.4 Å². The van der Waals surface area contributed by atoms with Crippen LogP contribution in [0, 0.1) is 6.92 Å². The fourth-order valence-electron chi connectivity index (χ4n) is 2.84. The van der Waals surface area contributed by atoms with E-state index in [1.807, 2.05) is 13.0 Å². The van der Waals surface area contributed by atoms with E-state index in [2.05, 4.69) is 4.98 Å². The van der Waals surface area contributed by atoms with Gasteiger partial charge in [0.15, 0.2) is 0 Å². The maximum absolute atomic E-state index is 11.9. The minimum Gasteiger partial charge on any atom is -0.462 e. The second kappa shape index (κ2) is 6.04. The summed E-state index contributed by atoms with van der Waals surface area (Å²) in [6.07, 6.45) is 6.17. The van der Waals surface area contributed by atoms with Crippen molar-refractivity contribution in [2.24, 2.45) is 0 Å². The number of aryl methyl sites for hydroxylation is 1. The molecule has 2 N–H and O–H groups in total. The van der Waals surface area contributed by atoms with Crippen LogP contribution in [-0.2, 0) is 4.74 Å². The lowest BCUT2D eigenvalue weighted by atomic mass is 9.83. The van der Waals surface area contributed by atoms with E-state index in [1.54, 1.807) is 6.92 Å². The van der Waals surface area contributed by atoms with Crippen LogP contribution in [0.5, 0.6) is 0 Å². The molecule has 1 saturated carbocycles. The molecule has 0 amide bonds. The summed E-state index contributed by atoms with van der Waals surface area (Å²) >= 11 is 0. The van der Waals surface area contributed by atoms with E-state index >= 15 is 0 Å². The molecule has 0 unspecified atom stereocenters. The maximum Gasteiger partial charge on any atom is 0.341 e. The minimum atomic E-state index is -0.371. The molecule has 4 nitrogen and oxygen atoms in total. The number of esters is 1. The van der Waals surface area contributed by atoms with Crippen molar-refractivity contribution in [2.75, 3.05) is 12.3 Å². The number of carbonyl (C=O) groups excluding carboxylic acids is 1. The molecule has 4 heteroatoms. The van der Waals surface area contributed by atoms with Gasteiger partial charge < -0.3 is 10.5 Å². The van der Waals surface area contributed by atoms with Gasteiger partial charge in [0.05, 0.1) is 6.61 Å². The van der Waals surface area contributed by atoms with Gasteiger partial charge in [-0.05, 0) is 44.2 Å². The zero-order valence-electron chi connectivity index (χ0n) is 11.7. The van der Waals surface area contributed by atoms with Gasteiger partial charge in [-0.3, -0.25) is 0 Å². The first kappa shape index (κ1) is 13.8. The molecule has 2 rings (SSSR count). The molecule has 1 heterocycles. The zero-order chi connectivity index (χ0) is 13.8. The van der Waals surface area contributed by atoms with Crippen LogP contribution in [0.1, 0.15) is 66.6 Å². The molecule has 1 aromatic rings. The minimum absolute atomic E-state index is 0.274. The molecule has 1 aromatic heterocycles. The predicted molar refractivity (Wildman–Crippen MR) is 75.2 cm³/mol. The third kappa shape index (κ3) is 3.06. The van der Waals surface area contributed by atoms with E-state index in [9.17, 15) is 4.79 Å². The third-order valence-corrected chi connectivity index (χ3v) is 3.82. The van der Waals surface area contributed by atoms with Gasteiger partial charge in [-0.25, -0.2) is 9.78 Å². The molecule has 0 radical (unpaired) electrons. The number of pyridine rings is 1. The SMILES string of the molecule is CCOC(=O)c1cc(C2CCCCC2)c(C)nc1N. The second-order valence-electron chi connectivity index (χ2n) is 5.15. The fourth-order valence-corrected chi connectivity index (χ4v) is 2.84. The summed E-state index contributed by atoms with van der Waals surface area (Å²) in [5.41, 5.74) is 8.36. The van der Waals surface area contributed by atoms with Gasteiger partial charge in [0.25, 0.3) is 0 Å². The maximum atomic E-state index is 11.9. The Morgan fingerprint density at radius 1 is 1.42 bits per heavy atom. The average Bonchev–Trinajstić information content (AvgIpc) is 2.40. The van der Waals surface area contributed by atoms with E-state index in [0.717, 1.165) is 11.3 Å². The number of hydrogen-bond acceptors (Lipinski definition) is 4. The van der Waals surface area contributed by atoms with E-state index in [0.29, 0.717) is 18.1 Å². The average molecular weight is 262 g/mol. The largest absolute Gasteiger partial charge is 0.462 e. The van der Waals surface area contributed by atoms with Crippen LogP contribution in [0.2, 0.25) is 0 Å². The Balaban J connectivity index is 2.32. The van der Waals surface area contributed by atoms with Crippen LogP contribution < -0.4 is 5.73 Å². The first-order valence-corrected chi connectivity index (χ1v) is 7.07. The van der Waals surface area contributed by atoms with Crippen molar-refractivity contribution in [1.82, 2.24) is 4.98 Å². The number of aromatic nitrogens is 1. The highest BCUT2D eigenvalue weighted by molar-refractivity contribution is 5.94. The molecule has 0 bridgehead atoms. The topological polar surface area (TPSA) is 65.2 Å². The summed E-state index contributed by atoms with van der Waals surface area (Å²) in [7, 11) is 0. The Labute approximate surface area is 114 Å². The van der Waals surface area contributed by atoms with Crippen LogP contribution >= 0.6 is 0 Å². The Hall–Kier alpha value is -1.58. The van der Waals surface area contributed by atoms with Crippen molar-refractivity contribution in [3.8, 4) is 0 Å². The molecular weight excluding hydrogens is 240 g/mol. The molecule has 0 spiro atoms. The van der Waals surface area contributed by atoms with Gasteiger partial charge >= 0.3 is 5.97 Å². The Kier molecular flexibility index (Phi) is 4.40. The second-order valence-corrected chi connectivity index (χ2v) is 5.15. The molecule has 1 aliphatic carbocycles. The van der Waals surface area contributed by atoms with Crippen molar-refractivity contribution in [3.63, 3.8) is 0 Å². The molecular formula is C15H22N2O2. The summed E-state index contributed by atoms with van der Waals surface area (Å²) in [5, 5.41) is 0. The summed E-state index contributed by atoms with van der Waals surface area (Å²) in [6, 6.07) is 1.89. The van der Waals surface area contributed by atoms with E-state index in [1.165, 1.54) is 32.1 Å². The number of ether oxygens (including phenoxy) is 1. The smallest absolute Gasteiger partial charge is 0.341 e. The molecule has 0 atom stereocenters. The lowest BCUT2D eigenvalue weighted by Gasteiger charge is -2.23. The fraction of sp³-hybridized carbons (Fsp3) is 0.600. The van der Waals surface area contributed by atoms with Gasteiger partial charge in [-0.2, -0.15) is 0 Å². The number of anilines is 1. The summed E-state index contributed by atoms with van der Waals surface area (Å²) in [4.78, 5) is 16.2. The summed E-state index contributed by atoms with van der Waals surface area (Å²) in [5.74, 6) is 0.412. The van der Waals surface area contributed by atoms with E-state index in [4.69, 9.17) is 10.5 Å². The molecule has 1 aliphatic rings. The lowest BCUT2D eigenvalue weighted by Crippen LogP contribution is -2.14. The van der Waals surface area contributed by atoms with E-state index < -0.39 is 0 Å². The van der Waals surface area contributed by atoms with Gasteiger partial charge in [0, 0.05) is 5.69 Å². The van der Waals surface area contributed by atoms with Crippen molar-refractivity contribution in [3.05, 3.63) is 22.9 Å². The van der Waals surface area contributed by atoms with E-state index in [-0.39, 0.29) is 11.8 Å².